The zero-order chi connectivity index (χ0) is 19.5. The lowest BCUT2D eigenvalue weighted by atomic mass is 9.86. The first-order valence-electron chi connectivity index (χ1n) is 10.3. The molecule has 0 radical (unpaired) electrons. The van der Waals surface area contributed by atoms with Gasteiger partial charge in [0.05, 0.1) is 21.4 Å². The Morgan fingerprint density at radius 2 is 1.90 bits per heavy atom. The Kier molecular flexibility index (Phi) is 5.26. The van der Waals surface area contributed by atoms with Gasteiger partial charge in [0, 0.05) is 18.3 Å². The van der Waals surface area contributed by atoms with Gasteiger partial charge in [-0.1, -0.05) is 32.1 Å². The van der Waals surface area contributed by atoms with Gasteiger partial charge in [0.15, 0.2) is 0 Å². The van der Waals surface area contributed by atoms with Crippen molar-refractivity contribution < 1.29 is 9.15 Å². The minimum Gasteiger partial charge on any atom is -0.457 e. The Bertz CT molecular complexity index is 1080. The molecule has 0 aliphatic heterocycles. The average Bonchev–Trinajstić information content (AvgIpc) is 3.43. The number of rotatable bonds is 6. The molecular formula is C23H23N3O2S. The molecule has 5 rings (SSSR count). The Morgan fingerprint density at radius 1 is 1.00 bits per heavy atom. The topological polar surface area (TPSA) is 61.0 Å². The molecule has 0 amide bonds. The van der Waals surface area contributed by atoms with Crippen LogP contribution in [0, 0.1) is 5.92 Å². The summed E-state index contributed by atoms with van der Waals surface area (Å²) in [6, 6.07) is 9.75. The summed E-state index contributed by atoms with van der Waals surface area (Å²) in [5.41, 5.74) is 1.70. The SMILES string of the molecule is c1cc(Oc2ccc3nc(CCC4CCCCC4)sc3c2)cc(-c2ncco2)n1. The van der Waals surface area contributed by atoms with Crippen molar-refractivity contribution in [2.45, 2.75) is 44.9 Å². The Labute approximate surface area is 173 Å². The largest absolute Gasteiger partial charge is 0.457 e. The number of hydrogen-bond acceptors (Lipinski definition) is 6. The summed E-state index contributed by atoms with van der Waals surface area (Å²) in [6.07, 6.45) is 14.2. The van der Waals surface area contributed by atoms with E-state index in [1.807, 2.05) is 24.3 Å². The van der Waals surface area contributed by atoms with Crippen molar-refractivity contribution in [2.24, 2.45) is 5.92 Å². The van der Waals surface area contributed by atoms with Crippen LogP contribution in [0.15, 0.2) is 53.4 Å². The average molecular weight is 406 g/mol. The second-order valence-corrected chi connectivity index (χ2v) is 8.71. The number of aryl methyl sites for hydroxylation is 1. The van der Waals surface area contributed by atoms with Gasteiger partial charge >= 0.3 is 0 Å². The zero-order valence-corrected chi connectivity index (χ0v) is 17.0. The van der Waals surface area contributed by atoms with Crippen LogP contribution in [-0.4, -0.2) is 15.0 Å². The minimum absolute atomic E-state index is 0.482. The predicted molar refractivity (Wildman–Crippen MR) is 114 cm³/mol. The van der Waals surface area contributed by atoms with Crippen LogP contribution in [0.4, 0.5) is 0 Å². The second-order valence-electron chi connectivity index (χ2n) is 7.60. The molecule has 29 heavy (non-hydrogen) atoms. The molecule has 0 unspecified atom stereocenters. The van der Waals surface area contributed by atoms with Crippen LogP contribution in [-0.2, 0) is 6.42 Å². The highest BCUT2D eigenvalue weighted by Crippen LogP contribution is 2.32. The number of fused-ring (bicyclic) bond motifs is 1. The van der Waals surface area contributed by atoms with E-state index in [2.05, 4.69) is 16.0 Å². The first-order chi connectivity index (χ1) is 14.3. The fraction of sp³-hybridized carbons (Fsp3) is 0.348. The molecule has 0 N–H and O–H groups in total. The molecule has 6 heteroatoms. The molecule has 4 aromatic rings. The van der Waals surface area contributed by atoms with Gasteiger partial charge in [0.25, 0.3) is 0 Å². The van der Waals surface area contributed by atoms with Gasteiger partial charge in [-0.2, -0.15) is 0 Å². The molecule has 0 bridgehead atoms. The van der Waals surface area contributed by atoms with E-state index in [1.54, 1.807) is 23.7 Å². The van der Waals surface area contributed by atoms with Gasteiger partial charge in [-0.15, -0.1) is 11.3 Å². The third-order valence-electron chi connectivity index (χ3n) is 5.51. The third-order valence-corrected chi connectivity index (χ3v) is 6.59. The number of ether oxygens (including phenoxy) is 1. The van der Waals surface area contributed by atoms with Gasteiger partial charge in [-0.05, 0) is 37.0 Å². The maximum atomic E-state index is 6.06. The van der Waals surface area contributed by atoms with Crippen LogP contribution in [0.5, 0.6) is 11.5 Å². The first kappa shape index (κ1) is 18.3. The lowest BCUT2D eigenvalue weighted by Gasteiger charge is -2.20. The highest BCUT2D eigenvalue weighted by molar-refractivity contribution is 7.18. The normalized spacial score (nSPS) is 15.0. The summed E-state index contributed by atoms with van der Waals surface area (Å²) in [6.45, 7) is 0. The van der Waals surface area contributed by atoms with Crippen LogP contribution in [0.2, 0.25) is 0 Å². The molecule has 1 fully saturated rings. The summed E-state index contributed by atoms with van der Waals surface area (Å²) in [4.78, 5) is 13.3. The smallest absolute Gasteiger partial charge is 0.245 e. The zero-order valence-electron chi connectivity index (χ0n) is 16.2. The van der Waals surface area contributed by atoms with E-state index in [9.17, 15) is 0 Å². The van der Waals surface area contributed by atoms with Crippen molar-refractivity contribution >= 4 is 21.6 Å². The molecule has 0 spiro atoms. The number of benzene rings is 1. The first-order valence-corrected chi connectivity index (χ1v) is 11.1. The van der Waals surface area contributed by atoms with Gasteiger partial charge < -0.3 is 9.15 Å². The van der Waals surface area contributed by atoms with Crippen molar-refractivity contribution in [2.75, 3.05) is 0 Å². The summed E-state index contributed by atoms with van der Waals surface area (Å²) < 4.78 is 12.5. The molecule has 1 saturated carbocycles. The fourth-order valence-electron chi connectivity index (χ4n) is 4.00. The van der Waals surface area contributed by atoms with E-state index in [0.29, 0.717) is 17.3 Å². The van der Waals surface area contributed by atoms with Crippen LogP contribution >= 0.6 is 11.3 Å². The van der Waals surface area contributed by atoms with E-state index < -0.39 is 0 Å². The van der Waals surface area contributed by atoms with Crippen molar-refractivity contribution in [1.29, 1.82) is 0 Å². The Balaban J connectivity index is 1.29. The predicted octanol–water partition coefficient (Wildman–Crippen LogP) is 6.65. The lowest BCUT2D eigenvalue weighted by Crippen LogP contribution is -2.07. The van der Waals surface area contributed by atoms with Crippen LogP contribution in [0.25, 0.3) is 21.8 Å². The number of pyridine rings is 1. The number of oxazole rings is 1. The van der Waals surface area contributed by atoms with E-state index in [1.165, 1.54) is 54.5 Å². The minimum atomic E-state index is 0.482. The standard InChI is InChI=1S/C23H23N3O2S/c1-2-4-16(5-3-1)6-9-22-26-19-8-7-17(15-21(19)29-22)28-18-10-11-24-20(14-18)23-25-12-13-27-23/h7-8,10-16H,1-6,9H2. The van der Waals surface area contributed by atoms with Crippen molar-refractivity contribution in [3.8, 4) is 23.1 Å². The number of nitrogens with zero attached hydrogens (tertiary/aromatic N) is 3. The molecule has 1 aliphatic carbocycles. The lowest BCUT2D eigenvalue weighted by molar-refractivity contribution is 0.339. The van der Waals surface area contributed by atoms with Crippen LogP contribution in [0.1, 0.15) is 43.5 Å². The van der Waals surface area contributed by atoms with Crippen molar-refractivity contribution in [3.05, 3.63) is 54.0 Å². The van der Waals surface area contributed by atoms with Crippen LogP contribution < -0.4 is 4.74 Å². The molecule has 0 atom stereocenters. The number of hydrogen-bond donors (Lipinski definition) is 0. The number of thiazole rings is 1. The van der Waals surface area contributed by atoms with E-state index in [0.717, 1.165) is 23.6 Å². The van der Waals surface area contributed by atoms with Gasteiger partial charge in [-0.3, -0.25) is 4.98 Å². The summed E-state index contributed by atoms with van der Waals surface area (Å²) >= 11 is 1.78. The van der Waals surface area contributed by atoms with Gasteiger partial charge in [0.1, 0.15) is 23.5 Å². The summed E-state index contributed by atoms with van der Waals surface area (Å²) in [7, 11) is 0. The van der Waals surface area contributed by atoms with E-state index >= 15 is 0 Å². The van der Waals surface area contributed by atoms with E-state index in [-0.39, 0.29) is 0 Å². The second kappa shape index (κ2) is 8.33. The Morgan fingerprint density at radius 3 is 2.76 bits per heavy atom. The van der Waals surface area contributed by atoms with Crippen molar-refractivity contribution in [1.82, 2.24) is 15.0 Å². The fourth-order valence-corrected chi connectivity index (χ4v) is 5.02. The highest BCUT2D eigenvalue weighted by atomic mass is 32.1. The molecule has 3 aromatic heterocycles. The third kappa shape index (κ3) is 4.32. The quantitative estimate of drug-likeness (QED) is 0.359. The Hall–Kier alpha value is -2.73. The van der Waals surface area contributed by atoms with Gasteiger partial charge in [-0.25, -0.2) is 9.97 Å². The van der Waals surface area contributed by atoms with Crippen LogP contribution in [0.3, 0.4) is 0 Å². The molecule has 1 aliphatic rings. The summed E-state index contributed by atoms with van der Waals surface area (Å²) in [5, 5.41) is 1.23. The molecule has 5 nitrogen and oxygen atoms in total. The molecule has 3 heterocycles. The molecule has 148 valence electrons. The number of aromatic nitrogens is 3. The highest BCUT2D eigenvalue weighted by Gasteiger charge is 2.15. The molecule has 1 aromatic carbocycles. The maximum Gasteiger partial charge on any atom is 0.245 e. The van der Waals surface area contributed by atoms with Crippen molar-refractivity contribution in [3.63, 3.8) is 0 Å². The molecular weight excluding hydrogens is 382 g/mol. The monoisotopic (exact) mass is 405 g/mol. The molecule has 0 saturated heterocycles. The summed E-state index contributed by atoms with van der Waals surface area (Å²) in [5.74, 6) is 2.87. The van der Waals surface area contributed by atoms with E-state index in [4.69, 9.17) is 14.1 Å². The maximum absolute atomic E-state index is 6.06. The van der Waals surface area contributed by atoms with Gasteiger partial charge in [0.2, 0.25) is 5.89 Å².